The number of hydrogen-bond acceptors (Lipinski definition) is 2. The first-order valence-corrected chi connectivity index (χ1v) is 11.0. The molecule has 1 fully saturated rings. The molecule has 1 aliphatic rings. The molecule has 1 aromatic rings. The maximum absolute atomic E-state index is 11.8. The fraction of sp³-hybridized carbons (Fsp3) is 0.562. The number of amides is 1. The molecule has 0 spiro atoms. The van der Waals surface area contributed by atoms with E-state index in [-0.39, 0.29) is 11.9 Å². The van der Waals surface area contributed by atoms with E-state index in [1.807, 2.05) is 6.92 Å². The van der Waals surface area contributed by atoms with E-state index in [1.54, 1.807) is 0 Å². The van der Waals surface area contributed by atoms with E-state index in [0.717, 1.165) is 19.4 Å². The fourth-order valence-electron chi connectivity index (χ4n) is 2.04. The Morgan fingerprint density at radius 1 is 1.25 bits per heavy atom. The Morgan fingerprint density at radius 2 is 1.85 bits per heavy atom. The molecule has 0 aromatic heterocycles. The minimum absolute atomic E-state index is 0.117. The van der Waals surface area contributed by atoms with Crippen LogP contribution in [0.3, 0.4) is 0 Å². The van der Waals surface area contributed by atoms with Crippen LogP contribution < -0.4 is 15.8 Å². The van der Waals surface area contributed by atoms with Gasteiger partial charge in [0.2, 0.25) is 5.91 Å². The van der Waals surface area contributed by atoms with E-state index in [1.165, 1.54) is 10.8 Å². The molecule has 1 aliphatic carbocycles. The van der Waals surface area contributed by atoms with Crippen LogP contribution in [0.5, 0.6) is 0 Å². The maximum Gasteiger partial charge on any atom is 0.237 e. The summed E-state index contributed by atoms with van der Waals surface area (Å²) in [4.78, 5) is 11.8. The molecule has 3 nitrogen and oxygen atoms in total. The highest BCUT2D eigenvalue weighted by molar-refractivity contribution is 6.88. The first kappa shape index (κ1) is 15.3. The molecule has 1 atom stereocenters. The average molecular weight is 290 g/mol. The number of nitrogens with one attached hydrogen (secondary N) is 2. The van der Waals surface area contributed by atoms with Crippen LogP contribution in [0.1, 0.15) is 25.3 Å². The van der Waals surface area contributed by atoms with Gasteiger partial charge in [0.25, 0.3) is 0 Å². The summed E-state index contributed by atoms with van der Waals surface area (Å²) in [5.41, 5.74) is 1.23. The Bertz CT molecular complexity index is 460. The van der Waals surface area contributed by atoms with E-state index >= 15 is 0 Å². The van der Waals surface area contributed by atoms with Gasteiger partial charge in [0.1, 0.15) is 0 Å². The summed E-state index contributed by atoms with van der Waals surface area (Å²) in [6, 6.07) is 9.11. The van der Waals surface area contributed by atoms with Gasteiger partial charge in [0.15, 0.2) is 0 Å². The highest BCUT2D eigenvalue weighted by atomic mass is 28.3. The molecule has 0 saturated heterocycles. The molecule has 2 N–H and O–H groups in total. The van der Waals surface area contributed by atoms with Crippen LogP contribution in [0.25, 0.3) is 0 Å². The number of benzene rings is 1. The Balaban J connectivity index is 1.82. The van der Waals surface area contributed by atoms with E-state index in [4.69, 9.17) is 0 Å². The van der Waals surface area contributed by atoms with E-state index < -0.39 is 8.07 Å². The summed E-state index contributed by atoms with van der Waals surface area (Å²) < 4.78 is 0. The summed E-state index contributed by atoms with van der Waals surface area (Å²) in [7, 11) is -1.21. The summed E-state index contributed by atoms with van der Waals surface area (Å²) >= 11 is 0. The van der Waals surface area contributed by atoms with Crippen molar-refractivity contribution in [2.75, 3.05) is 0 Å². The highest BCUT2D eigenvalue weighted by Gasteiger charge is 2.25. The first-order valence-electron chi connectivity index (χ1n) is 7.49. The third-order valence-corrected chi connectivity index (χ3v) is 5.81. The molecule has 0 radical (unpaired) electrons. The number of rotatable bonds is 6. The second-order valence-electron chi connectivity index (χ2n) is 6.83. The normalized spacial score (nSPS) is 16.8. The molecule has 0 heterocycles. The van der Waals surface area contributed by atoms with Gasteiger partial charge in [-0.15, -0.1) is 0 Å². The smallest absolute Gasteiger partial charge is 0.237 e. The summed E-state index contributed by atoms with van der Waals surface area (Å²) in [5, 5.41) is 7.79. The maximum atomic E-state index is 11.8. The summed E-state index contributed by atoms with van der Waals surface area (Å²) in [6.45, 7) is 9.72. The van der Waals surface area contributed by atoms with Crippen molar-refractivity contribution in [3.63, 3.8) is 0 Å². The molecule has 1 unspecified atom stereocenters. The zero-order valence-electron chi connectivity index (χ0n) is 13.0. The molecule has 0 aliphatic heterocycles. The molecule has 0 bridgehead atoms. The largest absolute Gasteiger partial charge is 0.352 e. The van der Waals surface area contributed by atoms with Crippen molar-refractivity contribution in [3.8, 4) is 0 Å². The monoisotopic (exact) mass is 290 g/mol. The third-order valence-electron chi connectivity index (χ3n) is 3.75. The van der Waals surface area contributed by atoms with Crippen molar-refractivity contribution < 1.29 is 4.79 Å². The molecule has 2 rings (SSSR count). The lowest BCUT2D eigenvalue weighted by Gasteiger charge is -2.17. The molecule has 1 saturated carbocycles. The molecule has 1 aromatic carbocycles. The van der Waals surface area contributed by atoms with Crippen LogP contribution in [-0.2, 0) is 11.3 Å². The Labute approximate surface area is 123 Å². The van der Waals surface area contributed by atoms with Crippen LogP contribution in [0.2, 0.25) is 19.6 Å². The lowest BCUT2D eigenvalue weighted by molar-refractivity contribution is -0.122. The van der Waals surface area contributed by atoms with Crippen molar-refractivity contribution >= 4 is 19.2 Å². The summed E-state index contributed by atoms with van der Waals surface area (Å²) in [5.74, 6) is 0.117. The van der Waals surface area contributed by atoms with Crippen LogP contribution in [-0.4, -0.2) is 26.1 Å². The van der Waals surface area contributed by atoms with Gasteiger partial charge < -0.3 is 10.6 Å². The van der Waals surface area contributed by atoms with Crippen LogP contribution >= 0.6 is 0 Å². The molecule has 1 amide bonds. The zero-order chi connectivity index (χ0) is 14.8. The van der Waals surface area contributed by atoms with E-state index in [0.29, 0.717) is 6.04 Å². The van der Waals surface area contributed by atoms with Crippen LogP contribution in [0.15, 0.2) is 24.3 Å². The minimum Gasteiger partial charge on any atom is -0.352 e. The van der Waals surface area contributed by atoms with Crippen molar-refractivity contribution in [1.82, 2.24) is 10.6 Å². The van der Waals surface area contributed by atoms with Gasteiger partial charge in [0, 0.05) is 12.6 Å². The molecule has 20 heavy (non-hydrogen) atoms. The second-order valence-corrected chi connectivity index (χ2v) is 11.9. The molecular formula is C16H26N2OSi. The van der Waals surface area contributed by atoms with Crippen molar-refractivity contribution in [1.29, 1.82) is 0 Å². The van der Waals surface area contributed by atoms with Gasteiger partial charge in [-0.05, 0) is 25.3 Å². The molecular weight excluding hydrogens is 264 g/mol. The topological polar surface area (TPSA) is 41.1 Å². The standard InChI is InChI=1S/C16H26N2OSi/c1-12(16(19)18-14-7-8-14)17-11-13-5-9-15(10-6-13)20(2,3)4/h5-6,9-10,12,14,17H,7-8,11H2,1-4H3,(H,18,19). The van der Waals surface area contributed by atoms with Gasteiger partial charge in [-0.25, -0.2) is 0 Å². The first-order chi connectivity index (χ1) is 9.36. The lowest BCUT2D eigenvalue weighted by atomic mass is 10.2. The SMILES string of the molecule is CC(NCc1ccc([Si](C)(C)C)cc1)C(=O)NC1CC1. The predicted octanol–water partition coefficient (Wildman–Crippen LogP) is 1.99. The van der Waals surface area contributed by atoms with Crippen LogP contribution in [0, 0.1) is 0 Å². The predicted molar refractivity (Wildman–Crippen MR) is 86.9 cm³/mol. The highest BCUT2D eigenvalue weighted by Crippen LogP contribution is 2.18. The quantitative estimate of drug-likeness (QED) is 0.787. The van der Waals surface area contributed by atoms with Crippen molar-refractivity contribution in [2.45, 2.75) is 58.0 Å². The number of carbonyl (C=O) groups excluding carboxylic acids is 1. The molecule has 4 heteroatoms. The minimum atomic E-state index is -1.21. The fourth-order valence-corrected chi connectivity index (χ4v) is 3.21. The number of carbonyl (C=O) groups is 1. The van der Waals surface area contributed by atoms with E-state index in [2.05, 4.69) is 54.5 Å². The van der Waals surface area contributed by atoms with Gasteiger partial charge in [-0.3, -0.25) is 4.79 Å². The van der Waals surface area contributed by atoms with Gasteiger partial charge >= 0.3 is 0 Å². The third kappa shape index (κ3) is 4.46. The Kier molecular flexibility index (Phi) is 4.65. The van der Waals surface area contributed by atoms with Crippen molar-refractivity contribution in [2.24, 2.45) is 0 Å². The summed E-state index contributed by atoms with van der Waals surface area (Å²) in [6.07, 6.45) is 2.27. The van der Waals surface area contributed by atoms with Gasteiger partial charge in [-0.1, -0.05) is 49.1 Å². The second kappa shape index (κ2) is 6.10. The van der Waals surface area contributed by atoms with Crippen LogP contribution in [0.4, 0.5) is 0 Å². The van der Waals surface area contributed by atoms with Crippen molar-refractivity contribution in [3.05, 3.63) is 29.8 Å². The Hall–Kier alpha value is -1.13. The van der Waals surface area contributed by atoms with Gasteiger partial charge in [-0.2, -0.15) is 0 Å². The zero-order valence-corrected chi connectivity index (χ0v) is 14.0. The van der Waals surface area contributed by atoms with E-state index in [9.17, 15) is 4.79 Å². The number of hydrogen-bond donors (Lipinski definition) is 2. The Morgan fingerprint density at radius 3 is 2.35 bits per heavy atom. The average Bonchev–Trinajstić information content (AvgIpc) is 3.19. The van der Waals surface area contributed by atoms with Gasteiger partial charge in [0.05, 0.1) is 14.1 Å². The molecule has 110 valence electrons. The lowest BCUT2D eigenvalue weighted by Crippen LogP contribution is -2.42.